The van der Waals surface area contributed by atoms with Gasteiger partial charge in [0.25, 0.3) is 0 Å². The van der Waals surface area contributed by atoms with Gasteiger partial charge in [0.15, 0.2) is 0 Å². The molecule has 2 aromatic carbocycles. The number of nitrogens with zero attached hydrogens (tertiary/aromatic N) is 3. The normalized spacial score (nSPS) is 16.0. The molecule has 6 nitrogen and oxygen atoms in total. The first kappa shape index (κ1) is 17.9. The molecule has 1 fully saturated rings. The Balaban J connectivity index is 1.56. The fraction of sp³-hybridized carbons (Fsp3) is 0.304. The molecule has 0 aliphatic carbocycles. The van der Waals surface area contributed by atoms with Crippen LogP contribution in [-0.2, 0) is 6.54 Å². The molecule has 0 radical (unpaired) electrons. The van der Waals surface area contributed by atoms with Crippen molar-refractivity contribution in [3.8, 4) is 0 Å². The number of imidazole rings is 1. The number of rotatable bonds is 4. The highest BCUT2D eigenvalue weighted by atomic mass is 16.1. The summed E-state index contributed by atoms with van der Waals surface area (Å²) < 4.78 is 1.80. The number of para-hydroxylation sites is 1. The van der Waals surface area contributed by atoms with Gasteiger partial charge in [-0.2, -0.15) is 0 Å². The number of anilines is 1. The van der Waals surface area contributed by atoms with Crippen molar-refractivity contribution in [1.29, 1.82) is 0 Å². The number of fused-ring (bicyclic) bond motifs is 3. The number of nitrogens with two attached hydrogens (primary N) is 1. The van der Waals surface area contributed by atoms with Crippen molar-refractivity contribution in [2.75, 3.05) is 18.8 Å². The van der Waals surface area contributed by atoms with Crippen molar-refractivity contribution >= 4 is 27.8 Å². The first-order chi connectivity index (χ1) is 14.1. The van der Waals surface area contributed by atoms with Crippen LogP contribution < -0.4 is 11.4 Å². The minimum absolute atomic E-state index is 0.123. The summed E-state index contributed by atoms with van der Waals surface area (Å²) in [5.74, 6) is 0.350. The molecule has 3 heterocycles. The summed E-state index contributed by atoms with van der Waals surface area (Å²) in [4.78, 5) is 22.7. The van der Waals surface area contributed by atoms with Crippen molar-refractivity contribution in [2.45, 2.75) is 32.4 Å². The lowest BCUT2D eigenvalue weighted by molar-refractivity contribution is 0.331. The van der Waals surface area contributed by atoms with Crippen LogP contribution in [-0.4, -0.2) is 32.5 Å². The van der Waals surface area contributed by atoms with Gasteiger partial charge < -0.3 is 10.7 Å². The molecule has 29 heavy (non-hydrogen) atoms. The second-order valence-electron chi connectivity index (χ2n) is 7.94. The van der Waals surface area contributed by atoms with Crippen LogP contribution in [0.4, 0.5) is 5.82 Å². The van der Waals surface area contributed by atoms with E-state index in [0.717, 1.165) is 28.5 Å². The Kier molecular flexibility index (Phi) is 4.36. The predicted molar refractivity (Wildman–Crippen MR) is 117 cm³/mol. The highest BCUT2D eigenvalue weighted by Crippen LogP contribution is 2.29. The molecule has 1 atom stereocenters. The topological polar surface area (TPSA) is 79.9 Å². The van der Waals surface area contributed by atoms with E-state index in [0.29, 0.717) is 11.3 Å². The zero-order valence-corrected chi connectivity index (χ0v) is 16.6. The lowest BCUT2D eigenvalue weighted by Gasteiger charge is -2.17. The van der Waals surface area contributed by atoms with Gasteiger partial charge in [-0.25, -0.2) is 9.78 Å². The van der Waals surface area contributed by atoms with E-state index in [1.165, 1.54) is 31.5 Å². The molecular weight excluding hydrogens is 362 g/mol. The van der Waals surface area contributed by atoms with Gasteiger partial charge in [0, 0.05) is 11.9 Å². The van der Waals surface area contributed by atoms with Crippen LogP contribution in [0.25, 0.3) is 21.9 Å². The largest absolute Gasteiger partial charge is 0.382 e. The maximum absolute atomic E-state index is 12.9. The smallest absolute Gasteiger partial charge is 0.327 e. The molecule has 1 aliphatic heterocycles. The van der Waals surface area contributed by atoms with Gasteiger partial charge in [-0.05, 0) is 50.0 Å². The molecule has 148 valence electrons. The fourth-order valence-electron chi connectivity index (χ4n) is 4.47. The average Bonchev–Trinajstić information content (AvgIpc) is 3.36. The average molecular weight is 387 g/mol. The van der Waals surface area contributed by atoms with Crippen molar-refractivity contribution < 1.29 is 0 Å². The van der Waals surface area contributed by atoms with Crippen LogP contribution >= 0.6 is 0 Å². The van der Waals surface area contributed by atoms with E-state index in [2.05, 4.69) is 46.1 Å². The zero-order valence-electron chi connectivity index (χ0n) is 16.6. The lowest BCUT2D eigenvalue weighted by atomic mass is 10.0. The van der Waals surface area contributed by atoms with E-state index < -0.39 is 0 Å². The van der Waals surface area contributed by atoms with Gasteiger partial charge in [-0.15, -0.1) is 0 Å². The highest BCUT2D eigenvalue weighted by Gasteiger charge is 2.19. The maximum Gasteiger partial charge on any atom is 0.327 e. The lowest BCUT2D eigenvalue weighted by Crippen LogP contribution is -2.21. The van der Waals surface area contributed by atoms with Gasteiger partial charge in [0.1, 0.15) is 11.3 Å². The minimum atomic E-state index is -0.168. The minimum Gasteiger partial charge on any atom is -0.382 e. The molecule has 3 N–H and O–H groups in total. The molecule has 1 unspecified atom stereocenters. The van der Waals surface area contributed by atoms with E-state index in [1.807, 2.05) is 24.3 Å². The monoisotopic (exact) mass is 387 g/mol. The summed E-state index contributed by atoms with van der Waals surface area (Å²) in [5.41, 5.74) is 10.6. The summed E-state index contributed by atoms with van der Waals surface area (Å²) in [6.45, 7) is 5.42. The summed E-state index contributed by atoms with van der Waals surface area (Å²) in [6, 6.07) is 16.3. The number of hydrogen-bond donors (Lipinski definition) is 2. The molecule has 6 heteroatoms. The first-order valence-electron chi connectivity index (χ1n) is 10.2. The van der Waals surface area contributed by atoms with E-state index in [1.54, 1.807) is 4.57 Å². The molecule has 0 amide bonds. The van der Waals surface area contributed by atoms with E-state index in [4.69, 9.17) is 5.73 Å². The third-order valence-corrected chi connectivity index (χ3v) is 6.04. The standard InChI is InChI=1S/C23H25N5O/c1-15(17-10-8-16(9-11-17)14-27-12-4-5-13-27)28-21-18-6-2-3-7-19(18)25-22(24)20(21)26-23(28)29/h2-3,6-11,15H,4-5,12-14H2,1H3,(H2,24,25)(H,26,29). The molecule has 2 aromatic heterocycles. The van der Waals surface area contributed by atoms with E-state index >= 15 is 0 Å². The molecule has 1 saturated heterocycles. The van der Waals surface area contributed by atoms with E-state index in [9.17, 15) is 4.79 Å². The number of H-pyrrole nitrogens is 1. The zero-order chi connectivity index (χ0) is 20.0. The number of benzene rings is 2. The predicted octanol–water partition coefficient (Wildman–Crippen LogP) is 3.67. The summed E-state index contributed by atoms with van der Waals surface area (Å²) >= 11 is 0. The maximum atomic E-state index is 12.9. The summed E-state index contributed by atoms with van der Waals surface area (Å²) in [6.07, 6.45) is 2.59. The number of nitrogens with one attached hydrogen (secondary N) is 1. The van der Waals surface area contributed by atoms with E-state index in [-0.39, 0.29) is 11.7 Å². The molecule has 0 bridgehead atoms. The van der Waals surface area contributed by atoms with Gasteiger partial charge in [0.05, 0.1) is 17.1 Å². The Morgan fingerprint density at radius 3 is 2.59 bits per heavy atom. The molecule has 0 saturated carbocycles. The number of pyridine rings is 1. The Hall–Kier alpha value is -3.12. The van der Waals surface area contributed by atoms with Crippen LogP contribution in [0.2, 0.25) is 0 Å². The third-order valence-electron chi connectivity index (χ3n) is 6.04. The van der Waals surface area contributed by atoms with Crippen LogP contribution in [0.3, 0.4) is 0 Å². The first-order valence-corrected chi connectivity index (χ1v) is 10.2. The van der Waals surface area contributed by atoms with Gasteiger partial charge in [-0.3, -0.25) is 9.47 Å². The Morgan fingerprint density at radius 2 is 1.83 bits per heavy atom. The van der Waals surface area contributed by atoms with Crippen LogP contribution in [0.15, 0.2) is 53.3 Å². The third kappa shape index (κ3) is 3.09. The Morgan fingerprint density at radius 1 is 1.10 bits per heavy atom. The number of nitrogen functional groups attached to an aromatic ring is 1. The Labute approximate surface area is 169 Å². The number of aromatic amines is 1. The van der Waals surface area contributed by atoms with Gasteiger partial charge >= 0.3 is 5.69 Å². The summed E-state index contributed by atoms with van der Waals surface area (Å²) in [7, 11) is 0. The molecule has 4 aromatic rings. The number of aromatic nitrogens is 3. The van der Waals surface area contributed by atoms with Crippen molar-refractivity contribution in [1.82, 2.24) is 19.4 Å². The summed E-state index contributed by atoms with van der Waals surface area (Å²) in [5, 5.41) is 0.924. The van der Waals surface area contributed by atoms with Gasteiger partial charge in [-0.1, -0.05) is 42.5 Å². The molecular formula is C23H25N5O. The molecule has 5 rings (SSSR count). The highest BCUT2D eigenvalue weighted by molar-refractivity contribution is 6.06. The second kappa shape index (κ2) is 7.04. The van der Waals surface area contributed by atoms with Crippen LogP contribution in [0, 0.1) is 0 Å². The quantitative estimate of drug-likeness (QED) is 0.560. The fourth-order valence-corrected chi connectivity index (χ4v) is 4.47. The SMILES string of the molecule is CC(c1ccc(CN2CCCC2)cc1)n1c(=O)[nH]c2c(N)nc3ccccc3c21. The van der Waals surface area contributed by atoms with Crippen molar-refractivity contribution in [3.05, 3.63) is 70.1 Å². The van der Waals surface area contributed by atoms with Crippen LogP contribution in [0.5, 0.6) is 0 Å². The molecule has 1 aliphatic rings. The van der Waals surface area contributed by atoms with Crippen molar-refractivity contribution in [3.63, 3.8) is 0 Å². The van der Waals surface area contributed by atoms with Crippen LogP contribution in [0.1, 0.15) is 36.9 Å². The number of likely N-dealkylation sites (tertiary alicyclic amines) is 1. The molecule has 0 spiro atoms. The number of hydrogen-bond acceptors (Lipinski definition) is 4. The second-order valence-corrected chi connectivity index (χ2v) is 7.94. The van der Waals surface area contributed by atoms with Crippen molar-refractivity contribution in [2.24, 2.45) is 0 Å². The Bertz CT molecular complexity index is 1230. The van der Waals surface area contributed by atoms with Gasteiger partial charge in [0.2, 0.25) is 0 Å².